The van der Waals surface area contributed by atoms with E-state index in [9.17, 15) is 13.2 Å². The Hall–Kier alpha value is -1.56. The molecule has 2 saturated heterocycles. The van der Waals surface area contributed by atoms with Crippen LogP contribution in [-0.2, 0) is 16.3 Å². The molecule has 2 aliphatic heterocycles. The van der Waals surface area contributed by atoms with Gasteiger partial charge in [-0.25, -0.2) is 13.2 Å². The van der Waals surface area contributed by atoms with Gasteiger partial charge in [-0.1, -0.05) is 30.3 Å². The maximum Gasteiger partial charge on any atom is 0.317 e. The fourth-order valence-electron chi connectivity index (χ4n) is 3.51. The van der Waals surface area contributed by atoms with Gasteiger partial charge in [-0.2, -0.15) is 0 Å². The molecule has 1 N–H and O–H groups in total. The molecule has 1 aromatic carbocycles. The number of benzene rings is 1. The lowest BCUT2D eigenvalue weighted by Gasteiger charge is -2.19. The third-order valence-corrected chi connectivity index (χ3v) is 6.65. The molecule has 0 bridgehead atoms. The number of hydrogen-bond donors (Lipinski definition) is 1. The Morgan fingerprint density at radius 3 is 2.65 bits per heavy atom. The second kappa shape index (κ2) is 6.91. The summed E-state index contributed by atoms with van der Waals surface area (Å²) in [6.45, 7) is 2.04. The van der Waals surface area contributed by atoms with Gasteiger partial charge in [0, 0.05) is 19.6 Å². The Morgan fingerprint density at radius 2 is 1.96 bits per heavy atom. The van der Waals surface area contributed by atoms with Crippen molar-refractivity contribution < 1.29 is 13.2 Å². The van der Waals surface area contributed by atoms with Crippen LogP contribution in [-0.4, -0.2) is 50.5 Å². The topological polar surface area (TPSA) is 66.5 Å². The van der Waals surface area contributed by atoms with Gasteiger partial charge >= 0.3 is 6.03 Å². The zero-order valence-corrected chi connectivity index (χ0v) is 14.1. The molecule has 2 fully saturated rings. The van der Waals surface area contributed by atoms with Crippen molar-refractivity contribution in [2.45, 2.75) is 19.3 Å². The van der Waals surface area contributed by atoms with Crippen molar-refractivity contribution in [1.29, 1.82) is 0 Å². The number of carbonyl (C=O) groups is 1. The maximum absolute atomic E-state index is 12.2. The highest BCUT2D eigenvalue weighted by Gasteiger charge is 2.30. The summed E-state index contributed by atoms with van der Waals surface area (Å²) >= 11 is 0. The summed E-state index contributed by atoms with van der Waals surface area (Å²) in [6.07, 6.45) is 2.70. The number of urea groups is 1. The van der Waals surface area contributed by atoms with E-state index in [0.29, 0.717) is 18.9 Å². The lowest BCUT2D eigenvalue weighted by Crippen LogP contribution is -2.40. The molecular formula is C17H24N2O3S. The summed E-state index contributed by atoms with van der Waals surface area (Å²) < 4.78 is 22.9. The number of carbonyl (C=O) groups excluding carboxylic acids is 1. The van der Waals surface area contributed by atoms with Gasteiger partial charge in [0.2, 0.25) is 0 Å². The molecular weight excluding hydrogens is 312 g/mol. The first-order valence-electron chi connectivity index (χ1n) is 8.29. The highest BCUT2D eigenvalue weighted by Crippen LogP contribution is 2.21. The number of hydrogen-bond acceptors (Lipinski definition) is 3. The van der Waals surface area contributed by atoms with Crippen LogP contribution in [0.2, 0.25) is 0 Å². The number of nitrogens with one attached hydrogen (secondary N) is 1. The fourth-order valence-corrected chi connectivity index (χ4v) is 5.37. The molecule has 23 heavy (non-hydrogen) atoms. The van der Waals surface area contributed by atoms with E-state index in [1.807, 2.05) is 23.1 Å². The van der Waals surface area contributed by atoms with Crippen LogP contribution >= 0.6 is 0 Å². The second-order valence-corrected chi connectivity index (χ2v) is 8.97. The first-order chi connectivity index (χ1) is 11.0. The van der Waals surface area contributed by atoms with Crippen LogP contribution in [0, 0.1) is 11.8 Å². The summed E-state index contributed by atoms with van der Waals surface area (Å²) in [4.78, 5) is 14.1. The molecule has 0 saturated carbocycles. The summed E-state index contributed by atoms with van der Waals surface area (Å²) in [7, 11) is -2.87. The zero-order chi connectivity index (χ0) is 16.3. The smallest absolute Gasteiger partial charge is 0.317 e. The molecule has 0 radical (unpaired) electrons. The number of nitrogens with zero attached hydrogens (tertiary/aromatic N) is 1. The summed E-state index contributed by atoms with van der Waals surface area (Å²) in [5, 5.41) is 2.91. The Labute approximate surface area is 138 Å². The van der Waals surface area contributed by atoms with E-state index in [1.165, 1.54) is 5.56 Å². The molecule has 0 spiro atoms. The normalized spacial score (nSPS) is 26.3. The van der Waals surface area contributed by atoms with Crippen molar-refractivity contribution in [1.82, 2.24) is 10.2 Å². The molecule has 0 unspecified atom stereocenters. The van der Waals surface area contributed by atoms with E-state index < -0.39 is 9.84 Å². The van der Waals surface area contributed by atoms with Crippen LogP contribution in [0.3, 0.4) is 0 Å². The third kappa shape index (κ3) is 4.47. The molecule has 0 aliphatic carbocycles. The average Bonchev–Trinajstić information content (AvgIpc) is 3.12. The molecule has 5 nitrogen and oxygen atoms in total. The highest BCUT2D eigenvalue weighted by atomic mass is 32.2. The van der Waals surface area contributed by atoms with E-state index in [-0.39, 0.29) is 23.5 Å². The van der Waals surface area contributed by atoms with Crippen LogP contribution in [0.15, 0.2) is 30.3 Å². The van der Waals surface area contributed by atoms with Gasteiger partial charge in [-0.3, -0.25) is 0 Å². The number of sulfone groups is 1. The van der Waals surface area contributed by atoms with Gasteiger partial charge in [0.25, 0.3) is 0 Å². The molecule has 126 valence electrons. The van der Waals surface area contributed by atoms with Crippen molar-refractivity contribution in [3.63, 3.8) is 0 Å². The summed E-state index contributed by atoms with van der Waals surface area (Å²) in [6, 6.07) is 10.3. The fraction of sp³-hybridized carbons (Fsp3) is 0.588. The molecule has 0 aromatic heterocycles. The van der Waals surface area contributed by atoms with Gasteiger partial charge in [0.1, 0.15) is 0 Å². The van der Waals surface area contributed by atoms with Gasteiger partial charge in [-0.05, 0) is 36.7 Å². The predicted molar refractivity (Wildman–Crippen MR) is 90.0 cm³/mol. The predicted octanol–water partition coefficient (Wildman–Crippen LogP) is 1.70. The van der Waals surface area contributed by atoms with E-state index >= 15 is 0 Å². The van der Waals surface area contributed by atoms with E-state index in [1.54, 1.807) is 0 Å². The Kier molecular flexibility index (Phi) is 4.90. The lowest BCUT2D eigenvalue weighted by molar-refractivity contribution is 0.205. The second-order valence-electron chi connectivity index (χ2n) is 6.75. The van der Waals surface area contributed by atoms with Crippen LogP contribution in [0.1, 0.15) is 18.4 Å². The first kappa shape index (κ1) is 16.3. The molecule has 2 atom stereocenters. The lowest BCUT2D eigenvalue weighted by atomic mass is 9.99. The van der Waals surface area contributed by atoms with Crippen LogP contribution in [0.4, 0.5) is 4.79 Å². The van der Waals surface area contributed by atoms with Crippen molar-refractivity contribution in [2.75, 3.05) is 31.1 Å². The van der Waals surface area contributed by atoms with Crippen molar-refractivity contribution >= 4 is 15.9 Å². The minimum Gasteiger partial charge on any atom is -0.338 e. The Morgan fingerprint density at radius 1 is 1.17 bits per heavy atom. The van der Waals surface area contributed by atoms with Crippen molar-refractivity contribution in [2.24, 2.45) is 11.8 Å². The van der Waals surface area contributed by atoms with E-state index in [2.05, 4.69) is 17.4 Å². The maximum atomic E-state index is 12.2. The minimum absolute atomic E-state index is 0.0511. The molecule has 2 aliphatic rings. The molecule has 1 aromatic rings. The standard InChI is InChI=1S/C17H24N2O3S/c20-17(18-11-16-7-9-23(21,22)13-16)19-8-6-15(12-19)10-14-4-2-1-3-5-14/h1-5,15-16H,6-13H2,(H,18,20)/t15-,16+/m0/s1. The van der Waals surface area contributed by atoms with Crippen molar-refractivity contribution in [3.8, 4) is 0 Å². The van der Waals surface area contributed by atoms with Crippen LogP contribution < -0.4 is 5.32 Å². The third-order valence-electron chi connectivity index (χ3n) is 4.81. The SMILES string of the molecule is O=C(NC[C@H]1CCS(=O)(=O)C1)N1CC[C@@H](Cc2ccccc2)C1. The number of amides is 2. The Balaban J connectivity index is 1.43. The van der Waals surface area contributed by atoms with Crippen LogP contribution in [0.5, 0.6) is 0 Å². The molecule has 3 rings (SSSR count). The average molecular weight is 336 g/mol. The van der Waals surface area contributed by atoms with Gasteiger partial charge < -0.3 is 10.2 Å². The molecule has 2 heterocycles. The first-order valence-corrected chi connectivity index (χ1v) is 10.1. The largest absolute Gasteiger partial charge is 0.338 e. The van der Waals surface area contributed by atoms with Crippen LogP contribution in [0.25, 0.3) is 0 Å². The van der Waals surface area contributed by atoms with Gasteiger partial charge in [0.15, 0.2) is 9.84 Å². The quantitative estimate of drug-likeness (QED) is 0.910. The Bertz CT molecular complexity index is 645. The van der Waals surface area contributed by atoms with E-state index in [4.69, 9.17) is 0 Å². The van der Waals surface area contributed by atoms with Gasteiger partial charge in [0.05, 0.1) is 11.5 Å². The summed E-state index contributed by atoms with van der Waals surface area (Å²) in [5.41, 5.74) is 1.32. The van der Waals surface area contributed by atoms with Gasteiger partial charge in [-0.15, -0.1) is 0 Å². The highest BCUT2D eigenvalue weighted by molar-refractivity contribution is 7.91. The monoisotopic (exact) mass is 336 g/mol. The number of likely N-dealkylation sites (tertiary alicyclic amines) is 1. The summed E-state index contributed by atoms with van der Waals surface area (Å²) in [5.74, 6) is 1.06. The zero-order valence-electron chi connectivity index (χ0n) is 13.3. The van der Waals surface area contributed by atoms with E-state index in [0.717, 1.165) is 25.9 Å². The molecule has 6 heteroatoms. The minimum atomic E-state index is -2.87. The number of rotatable bonds is 4. The van der Waals surface area contributed by atoms with Crippen molar-refractivity contribution in [3.05, 3.63) is 35.9 Å². The molecule has 2 amide bonds.